The normalized spacial score (nSPS) is 12.1. The van der Waals surface area contributed by atoms with E-state index < -0.39 is 48.6 Å². The SMILES string of the molecule is CC(C)(C)[Si](C)(C)OCCOc1ccc(Cn2cnc(C(F)(F)F)c(Oc3cc(C=O)cc(C#N)c3F)c2=O)nc1. The molecule has 0 aliphatic carbocycles. The molecule has 0 saturated heterocycles. The van der Waals surface area contributed by atoms with E-state index in [1.165, 1.54) is 18.3 Å². The second-order valence-corrected chi connectivity index (χ2v) is 15.3. The lowest BCUT2D eigenvalue weighted by molar-refractivity contribution is -0.142. The molecule has 0 N–H and O–H groups in total. The highest BCUT2D eigenvalue weighted by Gasteiger charge is 2.39. The van der Waals surface area contributed by atoms with Gasteiger partial charge in [0.15, 0.2) is 25.6 Å². The molecule has 14 heteroatoms. The summed E-state index contributed by atoms with van der Waals surface area (Å²) < 4.78 is 73.1. The number of carbonyl (C=O) groups excluding carboxylic acids is 1. The van der Waals surface area contributed by atoms with Crippen LogP contribution in [0.2, 0.25) is 18.1 Å². The molecule has 0 aliphatic heterocycles. The van der Waals surface area contributed by atoms with Crippen LogP contribution < -0.4 is 15.0 Å². The Balaban J connectivity index is 1.81. The first-order valence-corrected chi connectivity index (χ1v) is 15.2. The summed E-state index contributed by atoms with van der Waals surface area (Å²) in [4.78, 5) is 31.7. The molecule has 0 amide bonds. The summed E-state index contributed by atoms with van der Waals surface area (Å²) >= 11 is 0. The first-order chi connectivity index (χ1) is 19.1. The van der Waals surface area contributed by atoms with Gasteiger partial charge in [-0.05, 0) is 42.4 Å². The van der Waals surface area contributed by atoms with Gasteiger partial charge >= 0.3 is 6.18 Å². The Kier molecular flexibility index (Phi) is 9.35. The summed E-state index contributed by atoms with van der Waals surface area (Å²) in [5.74, 6) is -3.15. The molecule has 2 aromatic heterocycles. The summed E-state index contributed by atoms with van der Waals surface area (Å²) in [5, 5.41) is 9.13. The van der Waals surface area contributed by atoms with E-state index >= 15 is 0 Å². The number of aldehydes is 1. The standard InChI is InChI=1S/C27H28F4N4O5Si/c1-26(2,3)41(4,5)39-9-8-38-20-7-6-19(33-13-20)14-35-16-34-24(27(29,30)31)23(25(35)37)40-21-11-17(15-36)10-18(12-32)22(21)28/h6-7,10-11,13,15-16H,8-9,14H2,1-5H3. The summed E-state index contributed by atoms with van der Waals surface area (Å²) in [6.07, 6.45) is -2.82. The number of hydrogen-bond acceptors (Lipinski definition) is 8. The van der Waals surface area contributed by atoms with Gasteiger partial charge in [-0.2, -0.15) is 18.4 Å². The van der Waals surface area contributed by atoms with Crippen molar-refractivity contribution in [2.45, 2.75) is 51.6 Å². The van der Waals surface area contributed by atoms with Crippen molar-refractivity contribution < 1.29 is 36.3 Å². The molecule has 0 saturated carbocycles. The average molecular weight is 593 g/mol. The quantitative estimate of drug-likeness (QED) is 0.127. The predicted molar refractivity (Wildman–Crippen MR) is 142 cm³/mol. The van der Waals surface area contributed by atoms with E-state index in [9.17, 15) is 27.2 Å². The largest absolute Gasteiger partial charge is 0.490 e. The van der Waals surface area contributed by atoms with E-state index in [1.54, 1.807) is 6.07 Å². The molecular weight excluding hydrogens is 564 g/mol. The number of hydrogen-bond donors (Lipinski definition) is 0. The molecule has 0 spiro atoms. The third kappa shape index (κ3) is 7.56. The molecule has 41 heavy (non-hydrogen) atoms. The molecule has 0 fully saturated rings. The van der Waals surface area contributed by atoms with Crippen molar-refractivity contribution in [2.24, 2.45) is 0 Å². The van der Waals surface area contributed by atoms with Crippen LogP contribution in [0, 0.1) is 17.1 Å². The lowest BCUT2D eigenvalue weighted by atomic mass is 10.1. The van der Waals surface area contributed by atoms with Crippen LogP contribution in [-0.2, 0) is 17.1 Å². The van der Waals surface area contributed by atoms with E-state index in [0.29, 0.717) is 18.7 Å². The number of aromatic nitrogens is 3. The number of ether oxygens (including phenoxy) is 2. The minimum atomic E-state index is -5.13. The summed E-state index contributed by atoms with van der Waals surface area (Å²) in [7, 11) is -1.92. The van der Waals surface area contributed by atoms with Gasteiger partial charge in [-0.1, -0.05) is 20.8 Å². The Morgan fingerprint density at radius 3 is 2.39 bits per heavy atom. The van der Waals surface area contributed by atoms with Crippen LogP contribution in [0.15, 0.2) is 41.6 Å². The molecule has 3 aromatic rings. The number of carbonyl (C=O) groups is 1. The highest BCUT2D eigenvalue weighted by atomic mass is 28.4. The minimum Gasteiger partial charge on any atom is -0.490 e. The predicted octanol–water partition coefficient (Wildman–Crippen LogP) is 5.72. The van der Waals surface area contributed by atoms with E-state index in [1.807, 2.05) is 0 Å². The maximum Gasteiger partial charge on any atom is 0.437 e. The zero-order valence-electron chi connectivity index (χ0n) is 23.0. The summed E-state index contributed by atoms with van der Waals surface area (Å²) in [6, 6.07) is 6.24. The van der Waals surface area contributed by atoms with Crippen molar-refractivity contribution in [1.82, 2.24) is 14.5 Å². The van der Waals surface area contributed by atoms with Gasteiger partial charge in [0.05, 0.1) is 36.9 Å². The smallest absolute Gasteiger partial charge is 0.437 e. The van der Waals surface area contributed by atoms with Gasteiger partial charge in [0.1, 0.15) is 24.7 Å². The number of alkyl halides is 3. The molecule has 218 valence electrons. The highest BCUT2D eigenvalue weighted by molar-refractivity contribution is 6.74. The molecule has 0 bridgehead atoms. The fourth-order valence-corrected chi connectivity index (χ4v) is 4.29. The Hall–Kier alpha value is -4.09. The van der Waals surface area contributed by atoms with Gasteiger partial charge in [-0.15, -0.1) is 0 Å². The van der Waals surface area contributed by atoms with Gasteiger partial charge < -0.3 is 13.9 Å². The molecule has 0 unspecified atom stereocenters. The zero-order chi connectivity index (χ0) is 30.6. The number of benzene rings is 1. The van der Waals surface area contributed by atoms with E-state index in [-0.39, 0.29) is 35.7 Å². The van der Waals surface area contributed by atoms with Crippen molar-refractivity contribution in [3.05, 3.63) is 75.5 Å². The van der Waals surface area contributed by atoms with Gasteiger partial charge in [-0.25, -0.2) is 9.37 Å². The molecule has 0 radical (unpaired) electrons. The number of halogens is 4. The molecule has 0 atom stereocenters. The first kappa shape index (κ1) is 31.4. The second kappa shape index (κ2) is 12.2. The second-order valence-electron chi connectivity index (χ2n) is 10.5. The molecule has 2 heterocycles. The lowest BCUT2D eigenvalue weighted by Gasteiger charge is -2.36. The van der Waals surface area contributed by atoms with Crippen molar-refractivity contribution in [3.63, 3.8) is 0 Å². The first-order valence-electron chi connectivity index (χ1n) is 12.3. The van der Waals surface area contributed by atoms with E-state index in [2.05, 4.69) is 43.8 Å². The van der Waals surface area contributed by atoms with Crippen molar-refractivity contribution in [1.29, 1.82) is 5.26 Å². The molecular formula is C27H28F4N4O5Si. The van der Waals surface area contributed by atoms with Crippen LogP contribution in [0.25, 0.3) is 0 Å². The molecule has 9 nitrogen and oxygen atoms in total. The number of rotatable bonds is 10. The fourth-order valence-electron chi connectivity index (χ4n) is 3.27. The Morgan fingerprint density at radius 1 is 1.12 bits per heavy atom. The third-order valence-corrected chi connectivity index (χ3v) is 11.1. The van der Waals surface area contributed by atoms with Gasteiger partial charge in [-0.3, -0.25) is 19.1 Å². The van der Waals surface area contributed by atoms with Crippen LogP contribution in [-0.4, -0.2) is 42.4 Å². The topological polar surface area (TPSA) is 116 Å². The monoisotopic (exact) mass is 592 g/mol. The summed E-state index contributed by atoms with van der Waals surface area (Å²) in [6.45, 7) is 11.0. The van der Waals surface area contributed by atoms with E-state index in [4.69, 9.17) is 19.2 Å². The average Bonchev–Trinajstić information content (AvgIpc) is 2.89. The number of nitriles is 1. The number of pyridine rings is 1. The van der Waals surface area contributed by atoms with Gasteiger partial charge in [0, 0.05) is 5.56 Å². The summed E-state index contributed by atoms with van der Waals surface area (Å²) in [5.41, 5.74) is -3.60. The van der Waals surface area contributed by atoms with Crippen LogP contribution in [0.5, 0.6) is 17.2 Å². The van der Waals surface area contributed by atoms with Gasteiger partial charge in [0.25, 0.3) is 5.56 Å². The maximum absolute atomic E-state index is 14.6. The fraction of sp³-hybridized carbons (Fsp3) is 0.370. The minimum absolute atomic E-state index is 0.0552. The molecule has 0 aliphatic rings. The van der Waals surface area contributed by atoms with Crippen LogP contribution in [0.1, 0.15) is 48.1 Å². The van der Waals surface area contributed by atoms with Crippen LogP contribution >= 0.6 is 0 Å². The Labute approximate surface area is 234 Å². The zero-order valence-corrected chi connectivity index (χ0v) is 24.0. The third-order valence-electron chi connectivity index (χ3n) is 6.55. The Bertz CT molecular complexity index is 1510. The van der Waals surface area contributed by atoms with Crippen molar-refractivity contribution >= 4 is 14.6 Å². The lowest BCUT2D eigenvalue weighted by Crippen LogP contribution is -2.41. The molecule has 3 rings (SSSR count). The Morgan fingerprint density at radius 2 is 1.83 bits per heavy atom. The maximum atomic E-state index is 14.6. The van der Waals surface area contributed by atoms with Gasteiger partial charge in [0.2, 0.25) is 5.75 Å². The number of nitrogens with zero attached hydrogens (tertiary/aromatic N) is 4. The van der Waals surface area contributed by atoms with Crippen molar-refractivity contribution in [2.75, 3.05) is 13.2 Å². The van der Waals surface area contributed by atoms with Crippen LogP contribution in [0.3, 0.4) is 0 Å². The van der Waals surface area contributed by atoms with E-state index in [0.717, 1.165) is 16.7 Å². The van der Waals surface area contributed by atoms with Crippen molar-refractivity contribution in [3.8, 4) is 23.3 Å². The van der Waals surface area contributed by atoms with Crippen LogP contribution in [0.4, 0.5) is 17.6 Å². The highest BCUT2D eigenvalue weighted by Crippen LogP contribution is 2.37. The molecule has 1 aromatic carbocycles.